The van der Waals surface area contributed by atoms with E-state index in [1.807, 2.05) is 24.3 Å². The third kappa shape index (κ3) is 5.26. The van der Waals surface area contributed by atoms with Gasteiger partial charge in [0.2, 0.25) is 0 Å². The predicted molar refractivity (Wildman–Crippen MR) is 65.5 cm³/mol. The van der Waals surface area contributed by atoms with Gasteiger partial charge in [-0.05, 0) is 25.0 Å². The fourth-order valence-corrected chi connectivity index (χ4v) is 1.38. The van der Waals surface area contributed by atoms with Gasteiger partial charge in [0.15, 0.2) is 0 Å². The van der Waals surface area contributed by atoms with E-state index in [4.69, 9.17) is 4.74 Å². The molecule has 82 valence electrons. The molecule has 1 nitrogen and oxygen atoms in total. The summed E-state index contributed by atoms with van der Waals surface area (Å²) < 4.78 is 5.57. The maximum atomic E-state index is 5.57. The lowest BCUT2D eigenvalue weighted by molar-refractivity contribution is 0.152. The average molecular weight is 204 g/mol. The van der Waals surface area contributed by atoms with Crippen LogP contribution in [0.5, 0.6) is 0 Å². The smallest absolute Gasteiger partial charge is 0.0950 e. The third-order valence-corrected chi connectivity index (χ3v) is 2.34. The van der Waals surface area contributed by atoms with E-state index in [9.17, 15) is 0 Å². The molecule has 0 saturated carbocycles. The van der Waals surface area contributed by atoms with Gasteiger partial charge in [0.05, 0.1) is 12.4 Å². The van der Waals surface area contributed by atoms with Crippen molar-refractivity contribution in [3.63, 3.8) is 0 Å². The van der Waals surface area contributed by atoms with E-state index in [1.54, 1.807) is 6.26 Å². The van der Waals surface area contributed by atoms with Gasteiger partial charge < -0.3 is 4.74 Å². The van der Waals surface area contributed by atoms with E-state index >= 15 is 0 Å². The van der Waals surface area contributed by atoms with Crippen molar-refractivity contribution in [2.75, 3.05) is 0 Å². The Bertz CT molecular complexity index is 277. The van der Waals surface area contributed by atoms with Crippen LogP contribution in [-0.2, 0) is 4.74 Å². The van der Waals surface area contributed by atoms with Crippen LogP contribution in [0.3, 0.4) is 0 Å². The molecule has 1 heteroatoms. The molecule has 0 N–H and O–H groups in total. The predicted octanol–water partition coefficient (Wildman–Crippen LogP) is 4.25. The topological polar surface area (TPSA) is 9.23 Å². The van der Waals surface area contributed by atoms with Crippen molar-refractivity contribution in [3.8, 4) is 0 Å². The fourth-order valence-electron chi connectivity index (χ4n) is 1.38. The molecule has 1 unspecified atom stereocenters. The summed E-state index contributed by atoms with van der Waals surface area (Å²) in [6, 6.07) is 10.2. The van der Waals surface area contributed by atoms with Crippen molar-refractivity contribution < 1.29 is 4.74 Å². The molecular weight excluding hydrogens is 184 g/mol. The van der Waals surface area contributed by atoms with E-state index in [2.05, 4.69) is 26.0 Å². The first kappa shape index (κ1) is 11.8. The first-order valence-corrected chi connectivity index (χ1v) is 5.70. The lowest BCUT2D eigenvalue weighted by Crippen LogP contribution is -2.02. The van der Waals surface area contributed by atoms with Crippen LogP contribution in [0.1, 0.15) is 38.7 Å². The SMILES string of the molecule is CCCCC(C)OC=Cc1ccccc1. The normalized spacial score (nSPS) is 12.9. The van der Waals surface area contributed by atoms with Crippen LogP contribution in [-0.4, -0.2) is 6.10 Å². The van der Waals surface area contributed by atoms with Gasteiger partial charge in [-0.2, -0.15) is 0 Å². The van der Waals surface area contributed by atoms with Gasteiger partial charge in [-0.25, -0.2) is 0 Å². The first-order valence-electron chi connectivity index (χ1n) is 5.70. The minimum absolute atomic E-state index is 0.324. The minimum Gasteiger partial charge on any atom is -0.498 e. The summed E-state index contributed by atoms with van der Waals surface area (Å²) in [6.45, 7) is 4.32. The van der Waals surface area contributed by atoms with Crippen molar-refractivity contribution in [1.82, 2.24) is 0 Å². The van der Waals surface area contributed by atoms with Crippen LogP contribution in [0.25, 0.3) is 6.08 Å². The Hall–Kier alpha value is -1.24. The van der Waals surface area contributed by atoms with Crippen LogP contribution in [0.4, 0.5) is 0 Å². The molecule has 1 rings (SSSR count). The molecule has 1 aromatic carbocycles. The Balaban J connectivity index is 2.27. The maximum absolute atomic E-state index is 5.57. The zero-order valence-corrected chi connectivity index (χ0v) is 9.65. The second-order valence-electron chi connectivity index (χ2n) is 3.80. The van der Waals surface area contributed by atoms with Crippen LogP contribution in [0.15, 0.2) is 36.6 Å². The lowest BCUT2D eigenvalue weighted by Gasteiger charge is -2.09. The minimum atomic E-state index is 0.324. The summed E-state index contributed by atoms with van der Waals surface area (Å²) in [5, 5.41) is 0. The van der Waals surface area contributed by atoms with Gasteiger partial charge in [0.25, 0.3) is 0 Å². The van der Waals surface area contributed by atoms with Crippen LogP contribution in [0.2, 0.25) is 0 Å². The van der Waals surface area contributed by atoms with Crippen molar-refractivity contribution in [2.45, 2.75) is 39.2 Å². The molecule has 1 atom stereocenters. The van der Waals surface area contributed by atoms with Crippen LogP contribution < -0.4 is 0 Å². The van der Waals surface area contributed by atoms with Crippen LogP contribution >= 0.6 is 0 Å². The summed E-state index contributed by atoms with van der Waals surface area (Å²) in [5.41, 5.74) is 1.18. The fraction of sp³-hybridized carbons (Fsp3) is 0.429. The second kappa shape index (κ2) is 7.10. The Morgan fingerprint density at radius 1 is 1.27 bits per heavy atom. The molecule has 0 bridgehead atoms. The molecule has 0 aliphatic rings. The van der Waals surface area contributed by atoms with Gasteiger partial charge in [-0.3, -0.25) is 0 Å². The largest absolute Gasteiger partial charge is 0.498 e. The first-order chi connectivity index (χ1) is 7.33. The average Bonchev–Trinajstić information content (AvgIpc) is 2.28. The van der Waals surface area contributed by atoms with Crippen LogP contribution in [0, 0.1) is 0 Å². The molecule has 0 fully saturated rings. The van der Waals surface area contributed by atoms with E-state index < -0.39 is 0 Å². The highest BCUT2D eigenvalue weighted by Crippen LogP contribution is 2.06. The van der Waals surface area contributed by atoms with Gasteiger partial charge in [0.1, 0.15) is 0 Å². The van der Waals surface area contributed by atoms with Crippen molar-refractivity contribution in [2.24, 2.45) is 0 Å². The molecular formula is C14H20O. The summed E-state index contributed by atoms with van der Waals surface area (Å²) >= 11 is 0. The summed E-state index contributed by atoms with van der Waals surface area (Å²) in [7, 11) is 0. The number of ether oxygens (including phenoxy) is 1. The number of hydrogen-bond donors (Lipinski definition) is 0. The molecule has 0 aromatic heterocycles. The van der Waals surface area contributed by atoms with Crippen molar-refractivity contribution >= 4 is 6.08 Å². The van der Waals surface area contributed by atoms with Gasteiger partial charge in [-0.1, -0.05) is 50.1 Å². The molecule has 0 radical (unpaired) electrons. The molecule has 0 aliphatic carbocycles. The Labute approximate surface area is 92.8 Å². The number of unbranched alkanes of at least 4 members (excludes halogenated alkanes) is 1. The van der Waals surface area contributed by atoms with Crippen molar-refractivity contribution in [3.05, 3.63) is 42.2 Å². The summed E-state index contributed by atoms with van der Waals surface area (Å²) in [6.07, 6.45) is 7.73. The number of rotatable bonds is 6. The summed E-state index contributed by atoms with van der Waals surface area (Å²) in [5.74, 6) is 0. The molecule has 1 aromatic rings. The molecule has 0 saturated heterocycles. The number of hydrogen-bond acceptors (Lipinski definition) is 1. The molecule has 0 spiro atoms. The van der Waals surface area contributed by atoms with Gasteiger partial charge >= 0.3 is 0 Å². The summed E-state index contributed by atoms with van der Waals surface area (Å²) in [4.78, 5) is 0. The zero-order chi connectivity index (χ0) is 10.9. The highest BCUT2D eigenvalue weighted by Gasteiger charge is 1.97. The van der Waals surface area contributed by atoms with E-state index in [0.29, 0.717) is 6.10 Å². The zero-order valence-electron chi connectivity index (χ0n) is 9.65. The molecule has 0 aliphatic heterocycles. The van der Waals surface area contributed by atoms with E-state index in [0.717, 1.165) is 6.42 Å². The number of benzene rings is 1. The Morgan fingerprint density at radius 2 is 2.00 bits per heavy atom. The highest BCUT2D eigenvalue weighted by atomic mass is 16.5. The molecule has 0 amide bonds. The lowest BCUT2D eigenvalue weighted by atomic mass is 10.2. The Morgan fingerprint density at radius 3 is 2.67 bits per heavy atom. The van der Waals surface area contributed by atoms with E-state index in [1.165, 1.54) is 18.4 Å². The maximum Gasteiger partial charge on any atom is 0.0950 e. The van der Waals surface area contributed by atoms with Crippen molar-refractivity contribution in [1.29, 1.82) is 0 Å². The monoisotopic (exact) mass is 204 g/mol. The molecule has 15 heavy (non-hydrogen) atoms. The van der Waals surface area contributed by atoms with Gasteiger partial charge in [0, 0.05) is 0 Å². The Kier molecular flexibility index (Phi) is 5.60. The highest BCUT2D eigenvalue weighted by molar-refractivity contribution is 5.47. The molecule has 0 heterocycles. The van der Waals surface area contributed by atoms with E-state index in [-0.39, 0.29) is 0 Å². The van der Waals surface area contributed by atoms with Gasteiger partial charge in [-0.15, -0.1) is 0 Å². The standard InChI is InChI=1S/C14H20O/c1-3-4-8-13(2)15-12-11-14-9-6-5-7-10-14/h5-7,9-13H,3-4,8H2,1-2H3. The second-order valence-corrected chi connectivity index (χ2v) is 3.80. The third-order valence-electron chi connectivity index (χ3n) is 2.34. The quantitative estimate of drug-likeness (QED) is 0.629.